The van der Waals surface area contributed by atoms with Crippen LogP contribution in [0.4, 0.5) is 0 Å². The van der Waals surface area contributed by atoms with Crippen molar-refractivity contribution in [2.24, 2.45) is 5.73 Å². The molecule has 0 aromatic heterocycles. The van der Waals surface area contributed by atoms with Gasteiger partial charge in [-0.05, 0) is 44.0 Å². The van der Waals surface area contributed by atoms with Crippen molar-refractivity contribution in [3.63, 3.8) is 0 Å². The molecule has 0 saturated carbocycles. The predicted octanol–water partition coefficient (Wildman–Crippen LogP) is 1.68. The predicted molar refractivity (Wildman–Crippen MR) is 81.2 cm³/mol. The fourth-order valence-corrected chi connectivity index (χ4v) is 2.47. The number of nitrogens with two attached hydrogens (primary N) is 1. The molecular weight excluding hydrogens is 252 g/mol. The van der Waals surface area contributed by atoms with E-state index in [1.807, 2.05) is 12.1 Å². The van der Waals surface area contributed by atoms with Crippen molar-refractivity contribution in [2.75, 3.05) is 39.5 Å². The molecule has 0 radical (unpaired) electrons. The topological polar surface area (TPSA) is 47.7 Å². The number of hydrogen-bond donors (Lipinski definition) is 1. The molecule has 1 heterocycles. The largest absolute Gasteiger partial charge is 0.494 e. The summed E-state index contributed by atoms with van der Waals surface area (Å²) < 4.78 is 11.2. The van der Waals surface area contributed by atoms with Crippen LogP contribution in [0.1, 0.15) is 18.9 Å². The van der Waals surface area contributed by atoms with Crippen LogP contribution in [0.3, 0.4) is 0 Å². The van der Waals surface area contributed by atoms with E-state index in [4.69, 9.17) is 15.2 Å². The van der Waals surface area contributed by atoms with E-state index < -0.39 is 0 Å². The molecule has 20 heavy (non-hydrogen) atoms. The van der Waals surface area contributed by atoms with Gasteiger partial charge in [0.05, 0.1) is 19.8 Å². The normalized spacial score (nSPS) is 17.9. The zero-order chi connectivity index (χ0) is 14.2. The Labute approximate surface area is 121 Å². The molecule has 1 unspecified atom stereocenters. The maximum absolute atomic E-state index is 5.81. The van der Waals surface area contributed by atoms with Crippen molar-refractivity contribution >= 4 is 0 Å². The minimum atomic E-state index is 0.551. The van der Waals surface area contributed by atoms with Crippen molar-refractivity contribution in [1.29, 1.82) is 0 Å². The van der Waals surface area contributed by atoms with Crippen molar-refractivity contribution in [2.45, 2.75) is 25.8 Å². The number of morpholine rings is 1. The smallest absolute Gasteiger partial charge is 0.119 e. The van der Waals surface area contributed by atoms with Crippen molar-refractivity contribution in [3.8, 4) is 5.75 Å². The van der Waals surface area contributed by atoms with Gasteiger partial charge in [-0.1, -0.05) is 12.1 Å². The monoisotopic (exact) mass is 278 g/mol. The molecule has 112 valence electrons. The molecule has 1 aliphatic heterocycles. The van der Waals surface area contributed by atoms with Gasteiger partial charge >= 0.3 is 0 Å². The van der Waals surface area contributed by atoms with Crippen LogP contribution in [-0.4, -0.2) is 50.4 Å². The highest BCUT2D eigenvalue weighted by atomic mass is 16.5. The third-order valence-electron chi connectivity index (χ3n) is 3.83. The van der Waals surface area contributed by atoms with E-state index in [9.17, 15) is 0 Å². The van der Waals surface area contributed by atoms with E-state index >= 15 is 0 Å². The molecule has 2 rings (SSSR count). The lowest BCUT2D eigenvalue weighted by atomic mass is 10.1. The third kappa shape index (κ3) is 4.78. The molecule has 1 aliphatic rings. The minimum absolute atomic E-state index is 0.551. The molecular formula is C16H26N2O2. The highest BCUT2D eigenvalue weighted by molar-refractivity contribution is 5.27. The van der Waals surface area contributed by atoms with Gasteiger partial charge in [0.25, 0.3) is 0 Å². The Morgan fingerprint density at radius 1 is 1.25 bits per heavy atom. The second-order valence-electron chi connectivity index (χ2n) is 5.32. The van der Waals surface area contributed by atoms with Gasteiger partial charge in [-0.25, -0.2) is 0 Å². The summed E-state index contributed by atoms with van der Waals surface area (Å²) in [6.07, 6.45) is 1.97. The molecule has 0 spiro atoms. The lowest BCUT2D eigenvalue weighted by Gasteiger charge is -2.32. The van der Waals surface area contributed by atoms with Gasteiger partial charge in [0.2, 0.25) is 0 Å². The Kier molecular flexibility index (Phi) is 6.30. The van der Waals surface area contributed by atoms with Crippen LogP contribution in [0.25, 0.3) is 0 Å². The molecule has 0 aliphatic carbocycles. The lowest BCUT2D eigenvalue weighted by molar-refractivity contribution is 0.0161. The number of hydrogen-bond acceptors (Lipinski definition) is 4. The summed E-state index contributed by atoms with van der Waals surface area (Å²) in [6, 6.07) is 8.80. The Hall–Kier alpha value is -1.10. The van der Waals surface area contributed by atoms with Crippen LogP contribution < -0.4 is 10.5 Å². The Morgan fingerprint density at radius 2 is 1.95 bits per heavy atom. The highest BCUT2D eigenvalue weighted by Crippen LogP contribution is 2.14. The first-order valence-corrected chi connectivity index (χ1v) is 7.53. The van der Waals surface area contributed by atoms with E-state index in [1.165, 1.54) is 5.56 Å². The zero-order valence-electron chi connectivity index (χ0n) is 12.4. The molecule has 1 atom stereocenters. The third-order valence-corrected chi connectivity index (χ3v) is 3.83. The second-order valence-corrected chi connectivity index (χ2v) is 5.32. The Bertz CT molecular complexity index is 375. The maximum Gasteiger partial charge on any atom is 0.119 e. The molecule has 1 saturated heterocycles. The van der Waals surface area contributed by atoms with Gasteiger partial charge in [0.15, 0.2) is 0 Å². The summed E-state index contributed by atoms with van der Waals surface area (Å²) in [5.41, 5.74) is 6.80. The molecule has 1 fully saturated rings. The average molecular weight is 278 g/mol. The van der Waals surface area contributed by atoms with E-state index in [0.717, 1.165) is 51.5 Å². The summed E-state index contributed by atoms with van der Waals surface area (Å²) in [4.78, 5) is 2.47. The van der Waals surface area contributed by atoms with Crippen molar-refractivity contribution in [1.82, 2.24) is 4.90 Å². The fraction of sp³-hybridized carbons (Fsp3) is 0.625. The van der Waals surface area contributed by atoms with E-state index in [2.05, 4.69) is 24.0 Å². The van der Waals surface area contributed by atoms with Crippen molar-refractivity contribution < 1.29 is 9.47 Å². The van der Waals surface area contributed by atoms with Gasteiger partial charge < -0.3 is 15.2 Å². The number of nitrogens with zero attached hydrogens (tertiary/aromatic N) is 1. The highest BCUT2D eigenvalue weighted by Gasteiger charge is 2.16. The first kappa shape index (κ1) is 15.3. The zero-order valence-corrected chi connectivity index (χ0v) is 12.4. The SMILES string of the molecule is CC(CCOc1ccc(CCN)cc1)N1CCOCC1. The number of rotatable bonds is 7. The molecule has 1 aromatic carbocycles. The van der Waals surface area contributed by atoms with Crippen LogP contribution >= 0.6 is 0 Å². The van der Waals surface area contributed by atoms with Gasteiger partial charge in [-0.2, -0.15) is 0 Å². The van der Waals surface area contributed by atoms with Crippen LogP contribution in [0.15, 0.2) is 24.3 Å². The van der Waals surface area contributed by atoms with E-state index in [0.29, 0.717) is 12.6 Å². The molecule has 1 aromatic rings. The Morgan fingerprint density at radius 3 is 2.60 bits per heavy atom. The van der Waals surface area contributed by atoms with Gasteiger partial charge in [0, 0.05) is 19.1 Å². The number of ether oxygens (including phenoxy) is 2. The molecule has 4 nitrogen and oxygen atoms in total. The summed E-state index contributed by atoms with van der Waals surface area (Å²) in [5.74, 6) is 0.944. The summed E-state index contributed by atoms with van der Waals surface area (Å²) in [6.45, 7) is 7.50. The fourth-order valence-electron chi connectivity index (χ4n) is 2.47. The Balaban J connectivity index is 1.69. The molecule has 0 amide bonds. The summed E-state index contributed by atoms with van der Waals surface area (Å²) >= 11 is 0. The van der Waals surface area contributed by atoms with E-state index in [-0.39, 0.29) is 0 Å². The van der Waals surface area contributed by atoms with Gasteiger partial charge in [-0.3, -0.25) is 4.90 Å². The second kappa shape index (κ2) is 8.25. The first-order valence-electron chi connectivity index (χ1n) is 7.53. The molecule has 2 N–H and O–H groups in total. The quantitative estimate of drug-likeness (QED) is 0.824. The van der Waals surface area contributed by atoms with Gasteiger partial charge in [-0.15, -0.1) is 0 Å². The molecule has 4 heteroatoms. The standard InChI is InChI=1S/C16H26N2O2/c1-14(18-9-12-19-13-10-18)7-11-20-16-4-2-15(3-5-16)6-8-17/h2-5,14H,6-13,17H2,1H3. The summed E-state index contributed by atoms with van der Waals surface area (Å²) in [7, 11) is 0. The van der Waals surface area contributed by atoms with E-state index in [1.54, 1.807) is 0 Å². The summed E-state index contributed by atoms with van der Waals surface area (Å²) in [5, 5.41) is 0. The van der Waals surface area contributed by atoms with Crippen LogP contribution in [-0.2, 0) is 11.2 Å². The van der Waals surface area contributed by atoms with Gasteiger partial charge in [0.1, 0.15) is 5.75 Å². The maximum atomic E-state index is 5.81. The van der Waals surface area contributed by atoms with Crippen LogP contribution in [0, 0.1) is 0 Å². The van der Waals surface area contributed by atoms with Crippen LogP contribution in [0.5, 0.6) is 5.75 Å². The average Bonchev–Trinajstić information content (AvgIpc) is 2.50. The number of benzene rings is 1. The van der Waals surface area contributed by atoms with Crippen molar-refractivity contribution in [3.05, 3.63) is 29.8 Å². The molecule has 0 bridgehead atoms. The first-order chi connectivity index (χ1) is 9.79. The lowest BCUT2D eigenvalue weighted by Crippen LogP contribution is -2.42. The minimum Gasteiger partial charge on any atom is -0.494 e. The van der Waals surface area contributed by atoms with Crippen LogP contribution in [0.2, 0.25) is 0 Å².